The van der Waals surface area contributed by atoms with Crippen LogP contribution in [0.3, 0.4) is 0 Å². The molecule has 1 aromatic carbocycles. The lowest BCUT2D eigenvalue weighted by Gasteiger charge is -2.43. The molecule has 1 heterocycles. The summed E-state index contributed by atoms with van der Waals surface area (Å²) in [4.78, 5) is 23.7. The standard InChI is InChI=1S/C15H17FN2O5S/c1-8-3-2-4-9(7-8)24(22,23)11-6-5-10(16)12-13(11)17-15(20)18(21)14(12)19/h2-4,7,10-13,21H,5-6H2,1H3,(H,17,20). The molecule has 130 valence electrons. The lowest BCUT2D eigenvalue weighted by Crippen LogP contribution is -2.67. The highest BCUT2D eigenvalue weighted by atomic mass is 32.2. The fraction of sp³-hybridized carbons (Fsp3) is 0.467. The third-order valence-corrected chi connectivity index (χ3v) is 6.83. The second-order valence-electron chi connectivity index (χ2n) is 6.14. The van der Waals surface area contributed by atoms with Crippen LogP contribution in [0.1, 0.15) is 18.4 Å². The number of alkyl halides is 1. The number of nitrogens with one attached hydrogen (secondary N) is 1. The Morgan fingerprint density at radius 1 is 1.29 bits per heavy atom. The molecule has 9 heteroatoms. The topological polar surface area (TPSA) is 104 Å². The summed E-state index contributed by atoms with van der Waals surface area (Å²) in [6.45, 7) is 1.75. The zero-order valence-electron chi connectivity index (χ0n) is 12.8. The summed E-state index contributed by atoms with van der Waals surface area (Å²) in [6, 6.07) is 3.93. The van der Waals surface area contributed by atoms with Gasteiger partial charge in [-0.15, -0.1) is 5.06 Å². The number of carbonyl (C=O) groups excluding carboxylic acids is 2. The molecule has 1 saturated carbocycles. The largest absolute Gasteiger partial charge is 0.348 e. The number of amides is 3. The minimum Gasteiger partial charge on any atom is -0.331 e. The Balaban J connectivity index is 2.02. The van der Waals surface area contributed by atoms with Crippen molar-refractivity contribution in [2.24, 2.45) is 5.92 Å². The molecule has 4 atom stereocenters. The summed E-state index contributed by atoms with van der Waals surface area (Å²) in [5.74, 6) is -2.52. The average molecular weight is 356 g/mol. The Hall–Kier alpha value is -2.00. The van der Waals surface area contributed by atoms with Crippen molar-refractivity contribution in [3.05, 3.63) is 29.8 Å². The van der Waals surface area contributed by atoms with Crippen molar-refractivity contribution in [2.75, 3.05) is 0 Å². The van der Waals surface area contributed by atoms with Gasteiger partial charge in [0.15, 0.2) is 9.84 Å². The van der Waals surface area contributed by atoms with Crippen LogP contribution in [0, 0.1) is 12.8 Å². The van der Waals surface area contributed by atoms with Crippen LogP contribution in [-0.4, -0.2) is 48.1 Å². The first-order chi connectivity index (χ1) is 11.2. The Kier molecular flexibility index (Phi) is 4.08. The van der Waals surface area contributed by atoms with E-state index >= 15 is 0 Å². The highest BCUT2D eigenvalue weighted by Gasteiger charge is 2.54. The number of benzene rings is 1. The zero-order valence-corrected chi connectivity index (χ0v) is 13.7. The van der Waals surface area contributed by atoms with Gasteiger partial charge >= 0.3 is 6.03 Å². The second kappa shape index (κ2) is 5.82. The molecule has 2 N–H and O–H groups in total. The molecule has 3 amide bonds. The molecule has 0 aromatic heterocycles. The number of sulfone groups is 1. The van der Waals surface area contributed by atoms with Gasteiger partial charge in [-0.25, -0.2) is 17.6 Å². The number of carbonyl (C=O) groups is 2. The molecule has 7 nitrogen and oxygen atoms in total. The van der Waals surface area contributed by atoms with E-state index in [1.54, 1.807) is 19.1 Å². The summed E-state index contributed by atoms with van der Waals surface area (Å²) >= 11 is 0. The maximum atomic E-state index is 14.2. The van der Waals surface area contributed by atoms with Crippen LogP contribution in [0.15, 0.2) is 29.2 Å². The van der Waals surface area contributed by atoms with Crippen LogP contribution in [0.5, 0.6) is 0 Å². The van der Waals surface area contributed by atoms with Gasteiger partial charge in [-0.3, -0.25) is 10.0 Å². The fourth-order valence-electron chi connectivity index (χ4n) is 3.39. The molecule has 1 aliphatic heterocycles. The molecular weight excluding hydrogens is 339 g/mol. The van der Waals surface area contributed by atoms with E-state index in [1.165, 1.54) is 12.1 Å². The van der Waals surface area contributed by atoms with Gasteiger partial charge in [0.1, 0.15) is 6.17 Å². The Morgan fingerprint density at radius 3 is 2.67 bits per heavy atom. The van der Waals surface area contributed by atoms with Crippen LogP contribution < -0.4 is 5.32 Å². The normalized spacial score (nSPS) is 30.7. The smallest absolute Gasteiger partial charge is 0.331 e. The molecular formula is C15H17FN2O5S. The van der Waals surface area contributed by atoms with Crippen LogP contribution in [0.4, 0.5) is 9.18 Å². The summed E-state index contributed by atoms with van der Waals surface area (Å²) in [5, 5.41) is 10.4. The first-order valence-corrected chi connectivity index (χ1v) is 9.06. The number of hydrogen-bond donors (Lipinski definition) is 2. The second-order valence-corrected chi connectivity index (χ2v) is 8.31. The van der Waals surface area contributed by atoms with Crippen LogP contribution >= 0.6 is 0 Å². The number of hydrogen-bond acceptors (Lipinski definition) is 5. The van der Waals surface area contributed by atoms with Crippen molar-refractivity contribution in [3.63, 3.8) is 0 Å². The van der Waals surface area contributed by atoms with Gasteiger partial charge in [0, 0.05) is 0 Å². The van der Waals surface area contributed by atoms with Gasteiger partial charge < -0.3 is 5.32 Å². The van der Waals surface area contributed by atoms with E-state index in [0.717, 1.165) is 5.56 Å². The predicted molar refractivity (Wildman–Crippen MR) is 80.7 cm³/mol. The predicted octanol–water partition coefficient (Wildman–Crippen LogP) is 1.20. The Bertz CT molecular complexity index is 797. The van der Waals surface area contributed by atoms with Gasteiger partial charge in [-0.2, -0.15) is 0 Å². The van der Waals surface area contributed by atoms with Crippen LogP contribution in [0.25, 0.3) is 0 Å². The minimum absolute atomic E-state index is 0.0163. The monoisotopic (exact) mass is 356 g/mol. The summed E-state index contributed by atoms with van der Waals surface area (Å²) in [7, 11) is -3.88. The molecule has 0 spiro atoms. The van der Waals surface area contributed by atoms with Gasteiger partial charge in [-0.05, 0) is 37.5 Å². The van der Waals surface area contributed by atoms with Crippen molar-refractivity contribution >= 4 is 21.8 Å². The van der Waals surface area contributed by atoms with E-state index in [-0.39, 0.29) is 22.8 Å². The molecule has 0 bridgehead atoms. The van der Waals surface area contributed by atoms with E-state index in [9.17, 15) is 27.6 Å². The number of urea groups is 1. The van der Waals surface area contributed by atoms with Gasteiger partial charge in [-0.1, -0.05) is 12.1 Å². The number of aryl methyl sites for hydroxylation is 1. The molecule has 1 saturated heterocycles. The number of fused-ring (bicyclic) bond motifs is 1. The van der Waals surface area contributed by atoms with Gasteiger partial charge in [0.05, 0.1) is 22.1 Å². The molecule has 0 radical (unpaired) electrons. The summed E-state index contributed by atoms with van der Waals surface area (Å²) in [6.07, 6.45) is -1.77. The Labute approximate surface area is 138 Å². The van der Waals surface area contributed by atoms with Crippen LogP contribution in [0.2, 0.25) is 0 Å². The molecule has 1 aromatic rings. The van der Waals surface area contributed by atoms with E-state index in [4.69, 9.17) is 0 Å². The number of imide groups is 1. The summed E-state index contributed by atoms with van der Waals surface area (Å²) < 4.78 is 40.1. The minimum atomic E-state index is -3.88. The van der Waals surface area contributed by atoms with Crippen molar-refractivity contribution in [1.82, 2.24) is 10.4 Å². The van der Waals surface area contributed by atoms with Gasteiger partial charge in [0.2, 0.25) is 0 Å². The molecule has 1 aliphatic carbocycles. The first kappa shape index (κ1) is 16.8. The average Bonchev–Trinajstić information content (AvgIpc) is 2.52. The maximum absolute atomic E-state index is 14.2. The molecule has 4 unspecified atom stereocenters. The first-order valence-electron chi connectivity index (χ1n) is 7.51. The quantitative estimate of drug-likeness (QED) is 0.775. The van der Waals surface area contributed by atoms with Crippen molar-refractivity contribution in [3.8, 4) is 0 Å². The number of hydroxylamine groups is 2. The SMILES string of the molecule is Cc1cccc(S(=O)(=O)C2CCC(F)C3C(=O)N(O)C(=O)NC32)c1. The van der Waals surface area contributed by atoms with E-state index in [2.05, 4.69) is 5.32 Å². The number of halogens is 1. The van der Waals surface area contributed by atoms with Crippen molar-refractivity contribution in [2.45, 2.75) is 42.1 Å². The van der Waals surface area contributed by atoms with Crippen molar-refractivity contribution < 1.29 is 27.6 Å². The van der Waals surface area contributed by atoms with Crippen LogP contribution in [-0.2, 0) is 14.6 Å². The van der Waals surface area contributed by atoms with E-state index in [0.29, 0.717) is 0 Å². The molecule has 24 heavy (non-hydrogen) atoms. The fourth-order valence-corrected chi connectivity index (χ4v) is 5.43. The van der Waals surface area contributed by atoms with E-state index in [1.807, 2.05) is 0 Å². The van der Waals surface area contributed by atoms with Gasteiger partial charge in [0.25, 0.3) is 5.91 Å². The third kappa shape index (κ3) is 2.57. The third-order valence-electron chi connectivity index (χ3n) is 4.60. The highest BCUT2D eigenvalue weighted by molar-refractivity contribution is 7.92. The highest BCUT2D eigenvalue weighted by Crippen LogP contribution is 2.37. The lowest BCUT2D eigenvalue weighted by molar-refractivity contribution is -0.166. The zero-order chi connectivity index (χ0) is 17.6. The molecule has 3 rings (SSSR count). The van der Waals surface area contributed by atoms with Crippen molar-refractivity contribution in [1.29, 1.82) is 0 Å². The maximum Gasteiger partial charge on any atom is 0.348 e. The lowest BCUT2D eigenvalue weighted by atomic mass is 9.81. The Morgan fingerprint density at radius 2 is 2.00 bits per heavy atom. The molecule has 2 aliphatic rings. The molecule has 2 fully saturated rings. The number of rotatable bonds is 2. The number of nitrogens with zero attached hydrogens (tertiary/aromatic N) is 1. The summed E-state index contributed by atoms with van der Waals surface area (Å²) in [5.41, 5.74) is 0.747. The van der Waals surface area contributed by atoms with E-state index < -0.39 is 45.2 Å².